The average molecular weight is 258 g/mol. The van der Waals surface area contributed by atoms with Crippen LogP contribution in [0, 0.1) is 5.92 Å². The molecule has 1 fully saturated rings. The van der Waals surface area contributed by atoms with Crippen molar-refractivity contribution >= 4 is 23.2 Å². The van der Waals surface area contributed by atoms with Crippen molar-refractivity contribution in [1.82, 2.24) is 4.90 Å². The van der Waals surface area contributed by atoms with E-state index >= 15 is 0 Å². The van der Waals surface area contributed by atoms with Gasteiger partial charge in [0.25, 0.3) is 0 Å². The molecule has 3 heteroatoms. The second kappa shape index (κ2) is 5.39. The lowest BCUT2D eigenvalue weighted by Gasteiger charge is -2.31. The number of likely N-dealkylation sites (tertiary alicyclic amines) is 1. The Hall–Kier alpha value is -0.240. The Morgan fingerprint density at radius 1 is 1.19 bits per heavy atom. The summed E-state index contributed by atoms with van der Waals surface area (Å²) in [6, 6.07) is 7.92. The minimum Gasteiger partial charge on any atom is -0.306 e. The molecule has 2 rings (SSSR count). The molecule has 1 aliphatic heterocycles. The van der Waals surface area contributed by atoms with Crippen LogP contribution in [0.1, 0.15) is 23.8 Å². The van der Waals surface area contributed by atoms with E-state index in [0.717, 1.165) is 18.1 Å². The summed E-state index contributed by atoms with van der Waals surface area (Å²) in [6.07, 6.45) is 2.38. The summed E-state index contributed by atoms with van der Waals surface area (Å²) in [5.74, 6) is 0.596. The van der Waals surface area contributed by atoms with Crippen molar-refractivity contribution in [3.63, 3.8) is 0 Å². The van der Waals surface area contributed by atoms with E-state index < -0.39 is 0 Å². The molecule has 0 N–H and O–H groups in total. The summed E-state index contributed by atoms with van der Waals surface area (Å²) in [4.78, 5) is 2.36. The Bertz CT molecular complexity index is 328. The fourth-order valence-electron chi connectivity index (χ4n) is 2.24. The predicted octanol–water partition coefficient (Wildman–Crippen LogP) is 3.96. The molecule has 0 aliphatic carbocycles. The first-order chi connectivity index (χ1) is 7.66. The number of benzene rings is 1. The van der Waals surface area contributed by atoms with E-state index in [1.54, 1.807) is 0 Å². The van der Waals surface area contributed by atoms with Crippen LogP contribution in [0.3, 0.4) is 0 Å². The van der Waals surface area contributed by atoms with Gasteiger partial charge in [0.1, 0.15) is 0 Å². The van der Waals surface area contributed by atoms with Crippen molar-refractivity contribution in [3.05, 3.63) is 34.9 Å². The van der Waals surface area contributed by atoms with Crippen LogP contribution in [0.2, 0.25) is 5.02 Å². The Balaban J connectivity index is 2.01. The lowest BCUT2D eigenvalue weighted by Crippen LogP contribution is -2.31. The smallest absolute Gasteiger partial charge is 0.0614 e. The fraction of sp³-hybridized carbons (Fsp3) is 0.538. The molecule has 0 amide bonds. The Kier molecular flexibility index (Phi) is 4.12. The van der Waals surface area contributed by atoms with E-state index in [-0.39, 0.29) is 5.38 Å². The molecule has 1 atom stereocenters. The molecule has 16 heavy (non-hydrogen) atoms. The van der Waals surface area contributed by atoms with Crippen LogP contribution in [-0.2, 0) is 0 Å². The highest BCUT2D eigenvalue weighted by atomic mass is 35.5. The van der Waals surface area contributed by atoms with Gasteiger partial charge in [-0.05, 0) is 56.6 Å². The van der Waals surface area contributed by atoms with Crippen LogP contribution in [0.25, 0.3) is 0 Å². The van der Waals surface area contributed by atoms with Crippen LogP contribution in [0.15, 0.2) is 24.3 Å². The van der Waals surface area contributed by atoms with Gasteiger partial charge in [0.15, 0.2) is 0 Å². The largest absolute Gasteiger partial charge is 0.306 e. The molecule has 1 saturated heterocycles. The summed E-state index contributed by atoms with van der Waals surface area (Å²) < 4.78 is 0. The molecular weight excluding hydrogens is 241 g/mol. The molecule has 1 unspecified atom stereocenters. The van der Waals surface area contributed by atoms with Crippen LogP contribution in [0.5, 0.6) is 0 Å². The van der Waals surface area contributed by atoms with Crippen LogP contribution < -0.4 is 0 Å². The molecular formula is C13H17Cl2N. The van der Waals surface area contributed by atoms with Crippen LogP contribution in [0.4, 0.5) is 0 Å². The van der Waals surface area contributed by atoms with E-state index in [1.165, 1.54) is 18.4 Å². The van der Waals surface area contributed by atoms with E-state index in [4.69, 9.17) is 23.2 Å². The minimum atomic E-state index is 0.131. The lowest BCUT2D eigenvalue weighted by atomic mass is 9.90. The number of piperidine rings is 1. The molecule has 1 nitrogen and oxygen atoms in total. The fourth-order valence-corrected chi connectivity index (χ4v) is 2.76. The molecule has 0 radical (unpaired) electrons. The molecule has 0 saturated carbocycles. The van der Waals surface area contributed by atoms with Crippen molar-refractivity contribution in [2.75, 3.05) is 20.1 Å². The normalized spacial score (nSPS) is 20.9. The number of hydrogen-bond donors (Lipinski definition) is 0. The third-order valence-corrected chi connectivity index (χ3v) is 4.23. The van der Waals surface area contributed by atoms with E-state index in [2.05, 4.69) is 11.9 Å². The molecule has 0 bridgehead atoms. The molecule has 88 valence electrons. The van der Waals surface area contributed by atoms with Gasteiger partial charge in [0, 0.05) is 5.02 Å². The summed E-state index contributed by atoms with van der Waals surface area (Å²) in [6.45, 7) is 2.31. The molecule has 1 heterocycles. The van der Waals surface area contributed by atoms with E-state index in [0.29, 0.717) is 5.92 Å². The second-order valence-electron chi connectivity index (χ2n) is 4.59. The predicted molar refractivity (Wildman–Crippen MR) is 70.3 cm³/mol. The molecule has 1 aromatic carbocycles. The number of nitrogens with zero attached hydrogens (tertiary/aromatic N) is 1. The first-order valence-electron chi connectivity index (χ1n) is 5.75. The van der Waals surface area contributed by atoms with Gasteiger partial charge >= 0.3 is 0 Å². The number of rotatable bonds is 2. The highest BCUT2D eigenvalue weighted by Crippen LogP contribution is 2.35. The standard InChI is InChI=1S/C13H17Cl2N/c1-16-8-6-11(7-9-16)13(15)10-2-4-12(14)5-3-10/h2-5,11,13H,6-9H2,1H3. The van der Waals surface area contributed by atoms with Gasteiger partial charge in [-0.15, -0.1) is 11.6 Å². The van der Waals surface area contributed by atoms with Crippen molar-refractivity contribution in [3.8, 4) is 0 Å². The maximum absolute atomic E-state index is 6.52. The zero-order valence-electron chi connectivity index (χ0n) is 9.50. The van der Waals surface area contributed by atoms with Crippen molar-refractivity contribution < 1.29 is 0 Å². The number of hydrogen-bond acceptors (Lipinski definition) is 1. The van der Waals surface area contributed by atoms with Crippen molar-refractivity contribution in [1.29, 1.82) is 0 Å². The summed E-state index contributed by atoms with van der Waals surface area (Å²) >= 11 is 12.4. The monoisotopic (exact) mass is 257 g/mol. The van der Waals surface area contributed by atoms with Gasteiger partial charge < -0.3 is 4.90 Å². The topological polar surface area (TPSA) is 3.24 Å². The second-order valence-corrected chi connectivity index (χ2v) is 5.50. The molecule has 0 aromatic heterocycles. The number of halogens is 2. The quantitative estimate of drug-likeness (QED) is 0.726. The average Bonchev–Trinajstić information content (AvgIpc) is 2.30. The maximum atomic E-state index is 6.52. The summed E-state index contributed by atoms with van der Waals surface area (Å²) in [5.41, 5.74) is 1.20. The zero-order chi connectivity index (χ0) is 11.5. The van der Waals surface area contributed by atoms with Gasteiger partial charge in [-0.2, -0.15) is 0 Å². The van der Waals surface area contributed by atoms with Crippen molar-refractivity contribution in [2.45, 2.75) is 18.2 Å². The third kappa shape index (κ3) is 2.91. The molecule has 0 spiro atoms. The van der Waals surface area contributed by atoms with Crippen LogP contribution in [-0.4, -0.2) is 25.0 Å². The number of alkyl halides is 1. The molecule has 1 aromatic rings. The van der Waals surface area contributed by atoms with Crippen molar-refractivity contribution in [2.24, 2.45) is 5.92 Å². The lowest BCUT2D eigenvalue weighted by molar-refractivity contribution is 0.215. The van der Waals surface area contributed by atoms with Crippen LogP contribution >= 0.6 is 23.2 Å². The highest BCUT2D eigenvalue weighted by molar-refractivity contribution is 6.30. The Morgan fingerprint density at radius 2 is 1.75 bits per heavy atom. The first kappa shape index (κ1) is 12.2. The summed E-state index contributed by atoms with van der Waals surface area (Å²) in [5, 5.41) is 0.905. The first-order valence-corrected chi connectivity index (χ1v) is 6.56. The van der Waals surface area contributed by atoms with Gasteiger partial charge in [0.2, 0.25) is 0 Å². The molecule has 1 aliphatic rings. The SMILES string of the molecule is CN1CCC(C(Cl)c2ccc(Cl)cc2)CC1. The van der Waals surface area contributed by atoms with E-state index in [1.807, 2.05) is 24.3 Å². The van der Waals surface area contributed by atoms with Gasteiger partial charge in [-0.3, -0.25) is 0 Å². The van der Waals surface area contributed by atoms with Gasteiger partial charge in [-0.25, -0.2) is 0 Å². The third-order valence-electron chi connectivity index (χ3n) is 3.37. The maximum Gasteiger partial charge on any atom is 0.0614 e. The van der Waals surface area contributed by atoms with Gasteiger partial charge in [0.05, 0.1) is 5.38 Å². The highest BCUT2D eigenvalue weighted by Gasteiger charge is 2.24. The minimum absolute atomic E-state index is 0.131. The van der Waals surface area contributed by atoms with Gasteiger partial charge in [-0.1, -0.05) is 23.7 Å². The Labute approximate surface area is 107 Å². The van der Waals surface area contributed by atoms with E-state index in [9.17, 15) is 0 Å². The summed E-state index contributed by atoms with van der Waals surface area (Å²) in [7, 11) is 2.17. The Morgan fingerprint density at radius 3 is 2.31 bits per heavy atom. The zero-order valence-corrected chi connectivity index (χ0v) is 11.0.